The zero-order chi connectivity index (χ0) is 13.8. The molecular weight excluding hydrogens is 315 g/mol. The molecule has 1 heterocycles. The number of piperazine rings is 1. The first-order valence-corrected chi connectivity index (χ1v) is 7.45. The third-order valence-corrected chi connectivity index (χ3v) is 4.20. The Labute approximate surface area is 145 Å². The number of nitrogens with one attached hydrogen (secondary N) is 1. The molecule has 2 aromatic carbocycles. The van der Waals surface area contributed by atoms with Crippen LogP contribution in [0.15, 0.2) is 54.6 Å². The van der Waals surface area contributed by atoms with E-state index in [-0.39, 0.29) is 24.8 Å². The number of halogens is 2. The molecule has 1 aliphatic heterocycles. The van der Waals surface area contributed by atoms with Crippen LogP contribution in [0.2, 0.25) is 0 Å². The van der Waals surface area contributed by atoms with E-state index in [9.17, 15) is 0 Å². The van der Waals surface area contributed by atoms with E-state index in [2.05, 4.69) is 71.7 Å². The van der Waals surface area contributed by atoms with E-state index >= 15 is 0 Å². The minimum atomic E-state index is 0. The van der Waals surface area contributed by atoms with Gasteiger partial charge in [0.1, 0.15) is 0 Å². The number of hydrogen-bond acceptors (Lipinski definition) is 2. The van der Waals surface area contributed by atoms with Crippen LogP contribution < -0.4 is 5.32 Å². The lowest BCUT2D eigenvalue weighted by atomic mass is 10.0. The van der Waals surface area contributed by atoms with Gasteiger partial charge in [-0.15, -0.1) is 24.8 Å². The van der Waals surface area contributed by atoms with Gasteiger partial charge in [-0.1, -0.05) is 54.6 Å². The van der Waals surface area contributed by atoms with Crippen LogP contribution in [0.3, 0.4) is 0 Å². The molecule has 0 bridgehead atoms. The second-order valence-electron chi connectivity index (χ2n) is 5.45. The first-order chi connectivity index (χ1) is 9.84. The van der Waals surface area contributed by atoms with Gasteiger partial charge in [0.2, 0.25) is 0 Å². The monoisotopic (exact) mass is 338 g/mol. The molecule has 1 atom stereocenters. The summed E-state index contributed by atoms with van der Waals surface area (Å²) in [5.41, 5.74) is 3.99. The SMILES string of the molecule is C[C@@H](c1ccc(-c2ccccc2)cc1)N1CCNCC1.Cl.Cl. The van der Waals surface area contributed by atoms with Gasteiger partial charge in [0.15, 0.2) is 0 Å². The zero-order valence-corrected chi connectivity index (χ0v) is 14.5. The second kappa shape index (κ2) is 9.16. The zero-order valence-electron chi connectivity index (χ0n) is 12.9. The van der Waals surface area contributed by atoms with E-state index in [4.69, 9.17) is 0 Å². The summed E-state index contributed by atoms with van der Waals surface area (Å²) in [5, 5.41) is 3.41. The highest BCUT2D eigenvalue weighted by atomic mass is 35.5. The van der Waals surface area contributed by atoms with Gasteiger partial charge in [-0.05, 0) is 23.6 Å². The molecule has 22 heavy (non-hydrogen) atoms. The largest absolute Gasteiger partial charge is 0.314 e. The maximum absolute atomic E-state index is 3.41. The molecule has 4 heteroatoms. The molecule has 0 aromatic heterocycles. The van der Waals surface area contributed by atoms with Crippen molar-refractivity contribution in [1.29, 1.82) is 0 Å². The normalized spacial score (nSPS) is 16.2. The Morgan fingerprint density at radius 2 is 1.36 bits per heavy atom. The van der Waals surface area contributed by atoms with Crippen molar-refractivity contribution in [2.75, 3.05) is 26.2 Å². The average Bonchev–Trinajstić information content (AvgIpc) is 2.56. The lowest BCUT2D eigenvalue weighted by molar-refractivity contribution is 0.185. The van der Waals surface area contributed by atoms with Crippen molar-refractivity contribution in [3.05, 3.63) is 60.2 Å². The van der Waals surface area contributed by atoms with Crippen molar-refractivity contribution in [3.8, 4) is 11.1 Å². The van der Waals surface area contributed by atoms with E-state index < -0.39 is 0 Å². The summed E-state index contributed by atoms with van der Waals surface area (Å²) < 4.78 is 0. The molecule has 0 spiro atoms. The van der Waals surface area contributed by atoms with Crippen LogP contribution >= 0.6 is 24.8 Å². The molecule has 1 N–H and O–H groups in total. The van der Waals surface area contributed by atoms with E-state index in [1.54, 1.807) is 0 Å². The van der Waals surface area contributed by atoms with Crippen LogP contribution in [0, 0.1) is 0 Å². The summed E-state index contributed by atoms with van der Waals surface area (Å²) in [7, 11) is 0. The third-order valence-electron chi connectivity index (χ3n) is 4.20. The number of rotatable bonds is 3. The highest BCUT2D eigenvalue weighted by molar-refractivity contribution is 5.85. The number of benzene rings is 2. The molecule has 0 saturated carbocycles. The van der Waals surface area contributed by atoms with Crippen molar-refractivity contribution < 1.29 is 0 Å². The van der Waals surface area contributed by atoms with Crippen molar-refractivity contribution in [3.63, 3.8) is 0 Å². The Morgan fingerprint density at radius 1 is 0.818 bits per heavy atom. The van der Waals surface area contributed by atoms with Gasteiger partial charge in [0, 0.05) is 32.2 Å². The van der Waals surface area contributed by atoms with Gasteiger partial charge in [-0.2, -0.15) is 0 Å². The highest BCUT2D eigenvalue weighted by Gasteiger charge is 2.17. The molecule has 3 rings (SSSR count). The maximum atomic E-state index is 3.41. The predicted octanol–water partition coefficient (Wildman–Crippen LogP) is 4.16. The van der Waals surface area contributed by atoms with Crippen LogP contribution in [0.4, 0.5) is 0 Å². The van der Waals surface area contributed by atoms with Crippen LogP contribution in [0.1, 0.15) is 18.5 Å². The minimum Gasteiger partial charge on any atom is -0.314 e. The summed E-state index contributed by atoms with van der Waals surface area (Å²) in [6.45, 7) is 6.80. The Balaban J connectivity index is 0.00000121. The van der Waals surface area contributed by atoms with Crippen LogP contribution in [0.5, 0.6) is 0 Å². The Kier molecular flexibility index (Phi) is 7.91. The quantitative estimate of drug-likeness (QED) is 0.903. The number of hydrogen-bond donors (Lipinski definition) is 1. The molecule has 1 aliphatic rings. The summed E-state index contributed by atoms with van der Waals surface area (Å²) in [6, 6.07) is 20.1. The average molecular weight is 339 g/mol. The number of nitrogens with zero attached hydrogens (tertiary/aromatic N) is 1. The maximum Gasteiger partial charge on any atom is 0.0320 e. The van der Waals surface area contributed by atoms with Gasteiger partial charge in [-0.25, -0.2) is 0 Å². The molecule has 2 nitrogen and oxygen atoms in total. The van der Waals surface area contributed by atoms with Gasteiger partial charge in [0.25, 0.3) is 0 Å². The third kappa shape index (κ3) is 4.47. The fraction of sp³-hybridized carbons (Fsp3) is 0.333. The molecule has 1 saturated heterocycles. The molecule has 0 radical (unpaired) electrons. The van der Waals surface area contributed by atoms with E-state index in [1.165, 1.54) is 16.7 Å². The molecule has 0 amide bonds. The minimum absolute atomic E-state index is 0. The van der Waals surface area contributed by atoms with Crippen molar-refractivity contribution >= 4 is 24.8 Å². The first-order valence-electron chi connectivity index (χ1n) is 7.45. The smallest absolute Gasteiger partial charge is 0.0320 e. The van der Waals surface area contributed by atoms with Crippen molar-refractivity contribution in [1.82, 2.24) is 10.2 Å². The Morgan fingerprint density at radius 3 is 1.95 bits per heavy atom. The summed E-state index contributed by atoms with van der Waals surface area (Å²) in [4.78, 5) is 2.55. The van der Waals surface area contributed by atoms with Crippen LogP contribution in [-0.4, -0.2) is 31.1 Å². The van der Waals surface area contributed by atoms with E-state index in [0.29, 0.717) is 6.04 Å². The fourth-order valence-corrected chi connectivity index (χ4v) is 2.86. The molecular formula is C18H24Cl2N2. The van der Waals surface area contributed by atoms with Crippen LogP contribution in [0.25, 0.3) is 11.1 Å². The summed E-state index contributed by atoms with van der Waals surface area (Å²) >= 11 is 0. The summed E-state index contributed by atoms with van der Waals surface area (Å²) in [6.07, 6.45) is 0. The fourth-order valence-electron chi connectivity index (χ4n) is 2.86. The van der Waals surface area contributed by atoms with Gasteiger partial charge < -0.3 is 5.32 Å². The van der Waals surface area contributed by atoms with Gasteiger partial charge in [0.05, 0.1) is 0 Å². The molecule has 0 unspecified atom stereocenters. The standard InChI is InChI=1S/C18H22N2.2ClH/c1-15(20-13-11-19-12-14-20)16-7-9-18(10-8-16)17-5-3-2-4-6-17;;/h2-10,15,19H,11-14H2,1H3;2*1H/t15-;;/m0../s1. The lowest BCUT2D eigenvalue weighted by Gasteiger charge is -2.33. The lowest BCUT2D eigenvalue weighted by Crippen LogP contribution is -2.44. The van der Waals surface area contributed by atoms with Crippen LogP contribution in [-0.2, 0) is 0 Å². The molecule has 0 aliphatic carbocycles. The predicted molar refractivity (Wildman–Crippen MR) is 99.2 cm³/mol. The van der Waals surface area contributed by atoms with Gasteiger partial charge >= 0.3 is 0 Å². The molecule has 120 valence electrons. The molecule has 1 fully saturated rings. The van der Waals surface area contributed by atoms with E-state index in [1.807, 2.05) is 0 Å². The highest BCUT2D eigenvalue weighted by Crippen LogP contribution is 2.24. The van der Waals surface area contributed by atoms with Gasteiger partial charge in [-0.3, -0.25) is 4.90 Å². The van der Waals surface area contributed by atoms with Crippen molar-refractivity contribution in [2.45, 2.75) is 13.0 Å². The molecule has 2 aromatic rings. The van der Waals surface area contributed by atoms with Crippen molar-refractivity contribution in [2.24, 2.45) is 0 Å². The topological polar surface area (TPSA) is 15.3 Å². The second-order valence-corrected chi connectivity index (χ2v) is 5.45. The van der Waals surface area contributed by atoms with E-state index in [0.717, 1.165) is 26.2 Å². The summed E-state index contributed by atoms with van der Waals surface area (Å²) in [5.74, 6) is 0. The Bertz CT molecular complexity index is 537. The Hall–Kier alpha value is -1.06. The first kappa shape index (κ1) is 19.0.